The first-order chi connectivity index (χ1) is 6.98. The van der Waals surface area contributed by atoms with Crippen molar-refractivity contribution < 1.29 is 0 Å². The zero-order valence-electron chi connectivity index (χ0n) is 9.57. The molecule has 0 aliphatic rings. The first-order valence-electron chi connectivity index (χ1n) is 5.07. The van der Waals surface area contributed by atoms with Crippen molar-refractivity contribution in [2.75, 3.05) is 0 Å². The Hall–Kier alpha value is -1.51. The van der Waals surface area contributed by atoms with Crippen molar-refractivity contribution in [3.8, 4) is 0 Å². The molecule has 0 bridgehead atoms. The standard InChI is InChI=1S/C12H15N3/c1-8-11-9(14-7-13-8)5-6-10(15-11)12(2,3)4/h5-7H,1-4H3. The Morgan fingerprint density at radius 1 is 1.07 bits per heavy atom. The number of hydrogen-bond acceptors (Lipinski definition) is 3. The summed E-state index contributed by atoms with van der Waals surface area (Å²) in [6.45, 7) is 8.42. The lowest BCUT2D eigenvalue weighted by molar-refractivity contribution is 0.571. The first kappa shape index (κ1) is 10.0. The Labute approximate surface area is 89.6 Å². The van der Waals surface area contributed by atoms with Crippen molar-refractivity contribution in [3.05, 3.63) is 29.8 Å². The van der Waals surface area contributed by atoms with Crippen molar-refractivity contribution in [2.45, 2.75) is 33.1 Å². The van der Waals surface area contributed by atoms with Gasteiger partial charge in [0.15, 0.2) is 0 Å². The molecule has 15 heavy (non-hydrogen) atoms. The normalized spacial score (nSPS) is 12.0. The predicted molar refractivity (Wildman–Crippen MR) is 60.8 cm³/mol. The molecule has 0 fully saturated rings. The minimum Gasteiger partial charge on any atom is -0.249 e. The van der Waals surface area contributed by atoms with Crippen LogP contribution in [0.2, 0.25) is 0 Å². The quantitative estimate of drug-likeness (QED) is 0.657. The summed E-state index contributed by atoms with van der Waals surface area (Å²) in [5.41, 5.74) is 3.90. The van der Waals surface area contributed by atoms with E-state index in [1.54, 1.807) is 6.33 Å². The van der Waals surface area contributed by atoms with Crippen LogP contribution < -0.4 is 0 Å². The van der Waals surface area contributed by atoms with Gasteiger partial charge in [0.2, 0.25) is 0 Å². The first-order valence-corrected chi connectivity index (χ1v) is 5.07. The lowest BCUT2D eigenvalue weighted by atomic mass is 9.91. The molecule has 0 saturated heterocycles. The lowest BCUT2D eigenvalue weighted by Crippen LogP contribution is -2.13. The summed E-state index contributed by atoms with van der Waals surface area (Å²) in [4.78, 5) is 13.0. The highest BCUT2D eigenvalue weighted by Crippen LogP contribution is 2.22. The molecule has 0 N–H and O–H groups in total. The van der Waals surface area contributed by atoms with Crippen LogP contribution in [0.25, 0.3) is 11.0 Å². The maximum absolute atomic E-state index is 4.62. The van der Waals surface area contributed by atoms with Crippen LogP contribution >= 0.6 is 0 Å². The van der Waals surface area contributed by atoms with Gasteiger partial charge < -0.3 is 0 Å². The van der Waals surface area contributed by atoms with Crippen LogP contribution in [-0.4, -0.2) is 15.0 Å². The average Bonchev–Trinajstić information content (AvgIpc) is 2.16. The van der Waals surface area contributed by atoms with Crippen LogP contribution in [0.4, 0.5) is 0 Å². The molecular weight excluding hydrogens is 186 g/mol. The third-order valence-electron chi connectivity index (χ3n) is 2.43. The Morgan fingerprint density at radius 3 is 2.47 bits per heavy atom. The number of aryl methyl sites for hydroxylation is 1. The zero-order chi connectivity index (χ0) is 11.1. The van der Waals surface area contributed by atoms with E-state index in [1.165, 1.54) is 0 Å². The van der Waals surface area contributed by atoms with Gasteiger partial charge in [-0.05, 0) is 19.1 Å². The Balaban J connectivity index is 2.70. The third-order valence-corrected chi connectivity index (χ3v) is 2.43. The van der Waals surface area contributed by atoms with Gasteiger partial charge in [-0.2, -0.15) is 0 Å². The summed E-state index contributed by atoms with van der Waals surface area (Å²) in [7, 11) is 0. The van der Waals surface area contributed by atoms with Crippen LogP contribution in [0.3, 0.4) is 0 Å². The monoisotopic (exact) mass is 201 g/mol. The molecule has 3 heteroatoms. The highest BCUT2D eigenvalue weighted by Gasteiger charge is 2.16. The molecular formula is C12H15N3. The number of nitrogens with zero attached hydrogens (tertiary/aromatic N) is 3. The van der Waals surface area contributed by atoms with E-state index in [4.69, 9.17) is 0 Å². The topological polar surface area (TPSA) is 38.7 Å². The second-order valence-electron chi connectivity index (χ2n) is 4.77. The molecule has 0 saturated carbocycles. The second kappa shape index (κ2) is 3.26. The van der Waals surface area contributed by atoms with Crippen LogP contribution in [0.15, 0.2) is 18.5 Å². The van der Waals surface area contributed by atoms with Gasteiger partial charge in [-0.3, -0.25) is 0 Å². The largest absolute Gasteiger partial charge is 0.249 e. The summed E-state index contributed by atoms with van der Waals surface area (Å²) in [6, 6.07) is 4.05. The van der Waals surface area contributed by atoms with Gasteiger partial charge >= 0.3 is 0 Å². The summed E-state index contributed by atoms with van der Waals surface area (Å²) in [6.07, 6.45) is 1.58. The SMILES string of the molecule is Cc1ncnc2ccc(C(C)(C)C)nc12. The minimum absolute atomic E-state index is 0.0659. The Bertz CT molecular complexity index is 498. The predicted octanol–water partition coefficient (Wildman–Crippen LogP) is 2.63. The summed E-state index contributed by atoms with van der Waals surface area (Å²) >= 11 is 0. The van der Waals surface area contributed by atoms with E-state index in [1.807, 2.05) is 19.1 Å². The summed E-state index contributed by atoms with van der Waals surface area (Å²) < 4.78 is 0. The zero-order valence-corrected chi connectivity index (χ0v) is 9.57. The van der Waals surface area contributed by atoms with Crippen molar-refractivity contribution in [1.29, 1.82) is 0 Å². The molecule has 0 amide bonds. The number of aromatic nitrogens is 3. The average molecular weight is 201 g/mol. The van der Waals surface area contributed by atoms with Crippen LogP contribution in [-0.2, 0) is 5.41 Å². The van der Waals surface area contributed by atoms with E-state index >= 15 is 0 Å². The van der Waals surface area contributed by atoms with Crippen LogP contribution in [0, 0.1) is 6.92 Å². The van der Waals surface area contributed by atoms with E-state index in [0.717, 1.165) is 22.4 Å². The number of pyridine rings is 1. The molecule has 0 unspecified atom stereocenters. The van der Waals surface area contributed by atoms with Crippen LogP contribution in [0.1, 0.15) is 32.2 Å². The minimum atomic E-state index is 0.0659. The molecule has 0 radical (unpaired) electrons. The van der Waals surface area contributed by atoms with Crippen molar-refractivity contribution in [2.24, 2.45) is 0 Å². The van der Waals surface area contributed by atoms with Gasteiger partial charge in [0.25, 0.3) is 0 Å². The molecule has 2 aromatic heterocycles. The Kier molecular flexibility index (Phi) is 2.18. The lowest BCUT2D eigenvalue weighted by Gasteiger charge is -2.17. The van der Waals surface area contributed by atoms with Gasteiger partial charge in [0.05, 0.1) is 11.2 Å². The summed E-state index contributed by atoms with van der Waals surface area (Å²) in [5, 5.41) is 0. The summed E-state index contributed by atoms with van der Waals surface area (Å²) in [5.74, 6) is 0. The fourth-order valence-electron chi connectivity index (χ4n) is 1.48. The number of fused-ring (bicyclic) bond motifs is 1. The van der Waals surface area contributed by atoms with E-state index in [0.29, 0.717) is 0 Å². The van der Waals surface area contributed by atoms with Gasteiger partial charge in [-0.1, -0.05) is 20.8 Å². The number of rotatable bonds is 0. The van der Waals surface area contributed by atoms with Crippen molar-refractivity contribution in [3.63, 3.8) is 0 Å². The maximum Gasteiger partial charge on any atom is 0.116 e. The van der Waals surface area contributed by atoms with Gasteiger partial charge in [-0.15, -0.1) is 0 Å². The van der Waals surface area contributed by atoms with Gasteiger partial charge in [0.1, 0.15) is 11.8 Å². The molecule has 3 nitrogen and oxygen atoms in total. The highest BCUT2D eigenvalue weighted by molar-refractivity contribution is 5.76. The molecule has 0 aromatic carbocycles. The van der Waals surface area contributed by atoms with Crippen molar-refractivity contribution >= 4 is 11.0 Å². The number of hydrogen-bond donors (Lipinski definition) is 0. The van der Waals surface area contributed by atoms with E-state index in [2.05, 4.69) is 35.7 Å². The molecule has 0 aliphatic heterocycles. The molecule has 2 rings (SSSR count). The van der Waals surface area contributed by atoms with Gasteiger partial charge in [-0.25, -0.2) is 15.0 Å². The van der Waals surface area contributed by atoms with Gasteiger partial charge in [0, 0.05) is 11.1 Å². The second-order valence-corrected chi connectivity index (χ2v) is 4.77. The molecule has 0 spiro atoms. The van der Waals surface area contributed by atoms with E-state index < -0.39 is 0 Å². The smallest absolute Gasteiger partial charge is 0.116 e. The molecule has 0 aliphatic carbocycles. The van der Waals surface area contributed by atoms with Crippen LogP contribution in [0.5, 0.6) is 0 Å². The fourth-order valence-corrected chi connectivity index (χ4v) is 1.48. The van der Waals surface area contributed by atoms with E-state index in [9.17, 15) is 0 Å². The Morgan fingerprint density at radius 2 is 1.80 bits per heavy atom. The van der Waals surface area contributed by atoms with Crippen molar-refractivity contribution in [1.82, 2.24) is 15.0 Å². The third kappa shape index (κ3) is 1.82. The molecule has 2 aromatic rings. The molecule has 0 atom stereocenters. The molecule has 2 heterocycles. The fraction of sp³-hybridized carbons (Fsp3) is 0.417. The molecule has 78 valence electrons. The highest BCUT2D eigenvalue weighted by atomic mass is 14.9. The maximum atomic E-state index is 4.62. The van der Waals surface area contributed by atoms with E-state index in [-0.39, 0.29) is 5.41 Å².